The molecule has 0 bridgehead atoms. The van der Waals surface area contributed by atoms with Crippen LogP contribution < -0.4 is 5.32 Å². The molecule has 1 aliphatic heterocycles. The van der Waals surface area contributed by atoms with Gasteiger partial charge in [0.2, 0.25) is 0 Å². The molecule has 0 aliphatic carbocycles. The standard InChI is InChI=1S/C23H26N4O2/c28-23(24-11-12-26-13-15-29-16-14-26)21-18-27(17-19-7-3-1-4-8-19)25-22(21)20-9-5-2-6-10-20/h1-10,18H,11-17H2,(H,24,28). The van der Waals surface area contributed by atoms with Crippen molar-refractivity contribution in [1.82, 2.24) is 20.0 Å². The molecule has 3 aromatic rings. The Morgan fingerprint density at radius 2 is 1.69 bits per heavy atom. The molecule has 1 aliphatic rings. The van der Waals surface area contributed by atoms with Gasteiger partial charge in [-0.3, -0.25) is 14.4 Å². The quantitative estimate of drug-likeness (QED) is 0.674. The van der Waals surface area contributed by atoms with E-state index in [-0.39, 0.29) is 5.91 Å². The van der Waals surface area contributed by atoms with Gasteiger partial charge in [-0.05, 0) is 5.56 Å². The Balaban J connectivity index is 1.49. The van der Waals surface area contributed by atoms with Crippen LogP contribution >= 0.6 is 0 Å². The lowest BCUT2D eigenvalue weighted by atomic mass is 10.1. The molecule has 1 N–H and O–H groups in total. The second-order valence-electron chi connectivity index (χ2n) is 7.15. The number of ether oxygens (including phenoxy) is 1. The molecule has 1 saturated heterocycles. The normalized spacial score (nSPS) is 14.6. The smallest absolute Gasteiger partial charge is 0.255 e. The van der Waals surface area contributed by atoms with Gasteiger partial charge in [-0.1, -0.05) is 60.7 Å². The van der Waals surface area contributed by atoms with Crippen LogP contribution in [0.1, 0.15) is 15.9 Å². The maximum absolute atomic E-state index is 12.9. The van der Waals surface area contributed by atoms with E-state index in [9.17, 15) is 4.79 Å². The second kappa shape index (κ2) is 9.49. The Hall–Kier alpha value is -2.96. The maximum Gasteiger partial charge on any atom is 0.255 e. The second-order valence-corrected chi connectivity index (χ2v) is 7.15. The Morgan fingerprint density at radius 1 is 1.00 bits per heavy atom. The van der Waals surface area contributed by atoms with Gasteiger partial charge in [-0.25, -0.2) is 0 Å². The van der Waals surface area contributed by atoms with Gasteiger partial charge in [0, 0.05) is 37.9 Å². The molecule has 0 spiro atoms. The molecule has 0 saturated carbocycles. The average molecular weight is 390 g/mol. The third-order valence-electron chi connectivity index (χ3n) is 5.06. The number of benzene rings is 2. The van der Waals surface area contributed by atoms with E-state index >= 15 is 0 Å². The summed E-state index contributed by atoms with van der Waals surface area (Å²) in [5.41, 5.74) is 3.41. The maximum atomic E-state index is 12.9. The summed E-state index contributed by atoms with van der Waals surface area (Å²) in [5.74, 6) is -0.0866. The van der Waals surface area contributed by atoms with Crippen LogP contribution in [-0.4, -0.2) is 60.0 Å². The fraction of sp³-hybridized carbons (Fsp3) is 0.304. The summed E-state index contributed by atoms with van der Waals surface area (Å²) >= 11 is 0. The van der Waals surface area contributed by atoms with Gasteiger partial charge in [0.25, 0.3) is 5.91 Å². The zero-order valence-electron chi connectivity index (χ0n) is 16.5. The Bertz CT molecular complexity index is 919. The van der Waals surface area contributed by atoms with Crippen molar-refractivity contribution in [3.05, 3.63) is 78.0 Å². The lowest BCUT2D eigenvalue weighted by molar-refractivity contribution is 0.0383. The highest BCUT2D eigenvalue weighted by Gasteiger charge is 2.18. The lowest BCUT2D eigenvalue weighted by Crippen LogP contribution is -2.41. The minimum absolute atomic E-state index is 0.0866. The molecular weight excluding hydrogens is 364 g/mol. The van der Waals surface area contributed by atoms with Crippen molar-refractivity contribution >= 4 is 5.91 Å². The molecule has 29 heavy (non-hydrogen) atoms. The first-order valence-electron chi connectivity index (χ1n) is 10.0. The molecule has 4 rings (SSSR count). The van der Waals surface area contributed by atoms with Crippen molar-refractivity contribution in [3.8, 4) is 11.3 Å². The number of carbonyl (C=O) groups excluding carboxylic acids is 1. The molecular formula is C23H26N4O2. The first-order valence-corrected chi connectivity index (χ1v) is 10.0. The zero-order valence-corrected chi connectivity index (χ0v) is 16.5. The van der Waals surface area contributed by atoms with Crippen LogP contribution in [0.2, 0.25) is 0 Å². The van der Waals surface area contributed by atoms with E-state index in [1.54, 1.807) is 0 Å². The number of aromatic nitrogens is 2. The summed E-state index contributed by atoms with van der Waals surface area (Å²) in [6.45, 7) is 5.42. The summed E-state index contributed by atoms with van der Waals surface area (Å²) in [5, 5.41) is 7.78. The van der Waals surface area contributed by atoms with Gasteiger partial charge in [0.1, 0.15) is 5.69 Å². The molecule has 0 atom stereocenters. The van der Waals surface area contributed by atoms with Crippen LogP contribution in [-0.2, 0) is 11.3 Å². The highest BCUT2D eigenvalue weighted by Crippen LogP contribution is 2.22. The van der Waals surface area contributed by atoms with Gasteiger partial charge in [0.05, 0.1) is 25.3 Å². The molecule has 0 radical (unpaired) electrons. The van der Waals surface area contributed by atoms with Gasteiger partial charge >= 0.3 is 0 Å². The molecule has 6 nitrogen and oxygen atoms in total. The third-order valence-corrected chi connectivity index (χ3v) is 5.06. The van der Waals surface area contributed by atoms with Gasteiger partial charge < -0.3 is 10.1 Å². The summed E-state index contributed by atoms with van der Waals surface area (Å²) in [7, 11) is 0. The van der Waals surface area contributed by atoms with E-state index in [1.165, 1.54) is 0 Å². The van der Waals surface area contributed by atoms with E-state index in [0.29, 0.717) is 24.3 Å². The average Bonchev–Trinajstić information content (AvgIpc) is 3.20. The van der Waals surface area contributed by atoms with Gasteiger partial charge in [0.15, 0.2) is 0 Å². The number of morpholine rings is 1. The zero-order chi connectivity index (χ0) is 19.9. The summed E-state index contributed by atoms with van der Waals surface area (Å²) in [6.07, 6.45) is 1.85. The monoisotopic (exact) mass is 390 g/mol. The third kappa shape index (κ3) is 5.10. The van der Waals surface area contributed by atoms with Crippen LogP contribution in [0, 0.1) is 0 Å². The highest BCUT2D eigenvalue weighted by atomic mass is 16.5. The summed E-state index contributed by atoms with van der Waals surface area (Å²) in [6, 6.07) is 20.0. The van der Waals surface area contributed by atoms with Crippen LogP contribution in [0.3, 0.4) is 0 Å². The van der Waals surface area contributed by atoms with Crippen molar-refractivity contribution in [2.24, 2.45) is 0 Å². The number of carbonyl (C=O) groups is 1. The van der Waals surface area contributed by atoms with Crippen molar-refractivity contribution < 1.29 is 9.53 Å². The van der Waals surface area contributed by atoms with E-state index in [1.807, 2.05) is 59.4 Å². The van der Waals surface area contributed by atoms with Crippen LogP contribution in [0.5, 0.6) is 0 Å². The first kappa shape index (κ1) is 19.4. The number of nitrogens with zero attached hydrogens (tertiary/aromatic N) is 3. The molecule has 2 aromatic carbocycles. The van der Waals surface area contributed by atoms with Gasteiger partial charge in [-0.15, -0.1) is 0 Å². The number of amides is 1. The highest BCUT2D eigenvalue weighted by molar-refractivity contribution is 5.99. The fourth-order valence-electron chi connectivity index (χ4n) is 3.50. The van der Waals surface area contributed by atoms with E-state index in [0.717, 1.165) is 44.0 Å². The SMILES string of the molecule is O=C(NCCN1CCOCC1)c1cn(Cc2ccccc2)nc1-c1ccccc1. The molecule has 150 valence electrons. The molecule has 1 fully saturated rings. The topological polar surface area (TPSA) is 59.4 Å². The van der Waals surface area contributed by atoms with Crippen LogP contribution in [0.4, 0.5) is 0 Å². The Morgan fingerprint density at radius 3 is 2.41 bits per heavy atom. The van der Waals surface area contributed by atoms with E-state index in [4.69, 9.17) is 9.84 Å². The number of nitrogens with one attached hydrogen (secondary N) is 1. The number of hydrogen-bond donors (Lipinski definition) is 1. The van der Waals surface area contributed by atoms with Crippen molar-refractivity contribution in [2.75, 3.05) is 39.4 Å². The fourth-order valence-corrected chi connectivity index (χ4v) is 3.50. The molecule has 0 unspecified atom stereocenters. The van der Waals surface area contributed by atoms with Crippen LogP contribution in [0.15, 0.2) is 66.9 Å². The minimum Gasteiger partial charge on any atom is -0.379 e. The Kier molecular flexibility index (Phi) is 6.34. The van der Waals surface area contributed by atoms with E-state index in [2.05, 4.69) is 22.3 Å². The largest absolute Gasteiger partial charge is 0.379 e. The predicted octanol–water partition coefficient (Wildman–Crippen LogP) is 2.66. The minimum atomic E-state index is -0.0866. The predicted molar refractivity (Wildman–Crippen MR) is 113 cm³/mol. The van der Waals surface area contributed by atoms with Crippen molar-refractivity contribution in [1.29, 1.82) is 0 Å². The summed E-state index contributed by atoms with van der Waals surface area (Å²) in [4.78, 5) is 15.2. The molecule has 1 amide bonds. The molecule has 2 heterocycles. The van der Waals surface area contributed by atoms with Crippen molar-refractivity contribution in [3.63, 3.8) is 0 Å². The number of hydrogen-bond acceptors (Lipinski definition) is 4. The van der Waals surface area contributed by atoms with Crippen molar-refractivity contribution in [2.45, 2.75) is 6.54 Å². The first-order chi connectivity index (χ1) is 14.3. The number of rotatable bonds is 7. The summed E-state index contributed by atoms with van der Waals surface area (Å²) < 4.78 is 7.21. The van der Waals surface area contributed by atoms with Gasteiger partial charge in [-0.2, -0.15) is 5.10 Å². The lowest BCUT2D eigenvalue weighted by Gasteiger charge is -2.26. The molecule has 1 aromatic heterocycles. The van der Waals surface area contributed by atoms with E-state index < -0.39 is 0 Å². The van der Waals surface area contributed by atoms with Crippen LogP contribution in [0.25, 0.3) is 11.3 Å². The molecule has 6 heteroatoms. The Labute approximate surface area is 171 Å².